The molecule has 18 heavy (non-hydrogen) atoms. The molecule has 1 heterocycles. The van der Waals surface area contributed by atoms with Crippen molar-refractivity contribution in [1.82, 2.24) is 0 Å². The van der Waals surface area contributed by atoms with E-state index in [1.807, 2.05) is 17.7 Å². The molecule has 2 aromatic rings. The van der Waals surface area contributed by atoms with Gasteiger partial charge in [-0.15, -0.1) is 0 Å². The number of rotatable bonds is 3. The lowest BCUT2D eigenvalue weighted by Gasteiger charge is -2.09. The fourth-order valence-corrected chi connectivity index (χ4v) is 2.38. The summed E-state index contributed by atoms with van der Waals surface area (Å²) in [5.41, 5.74) is 8.51. The number of aryl methyl sites for hydroxylation is 1. The fraction of sp³-hybridized carbons (Fsp3) is 0.154. The molecule has 1 amide bonds. The summed E-state index contributed by atoms with van der Waals surface area (Å²) in [6.45, 7) is 1.90. The molecule has 0 fully saturated rings. The van der Waals surface area contributed by atoms with Crippen LogP contribution in [0.3, 0.4) is 0 Å². The van der Waals surface area contributed by atoms with Crippen LogP contribution in [-0.4, -0.2) is 13.0 Å². The molecule has 0 spiro atoms. The Labute approximate surface area is 109 Å². The Kier molecular flexibility index (Phi) is 3.53. The lowest BCUT2D eigenvalue weighted by Crippen LogP contribution is -2.13. The Hall–Kier alpha value is -2.01. The largest absolute Gasteiger partial charge is 0.497 e. The molecule has 0 saturated carbocycles. The first-order valence-electron chi connectivity index (χ1n) is 5.39. The van der Waals surface area contributed by atoms with Gasteiger partial charge in [0.25, 0.3) is 5.91 Å². The van der Waals surface area contributed by atoms with Crippen molar-refractivity contribution in [3.63, 3.8) is 0 Å². The van der Waals surface area contributed by atoms with Crippen LogP contribution in [0.2, 0.25) is 0 Å². The van der Waals surface area contributed by atoms with Crippen molar-refractivity contribution in [1.29, 1.82) is 0 Å². The zero-order valence-electron chi connectivity index (χ0n) is 10.2. The second-order valence-corrected chi connectivity index (χ2v) is 4.62. The molecule has 0 aliphatic rings. The van der Waals surface area contributed by atoms with Crippen molar-refractivity contribution < 1.29 is 9.53 Å². The van der Waals surface area contributed by atoms with Gasteiger partial charge in [0.15, 0.2) is 0 Å². The van der Waals surface area contributed by atoms with Crippen LogP contribution in [-0.2, 0) is 0 Å². The van der Waals surface area contributed by atoms with Gasteiger partial charge < -0.3 is 15.8 Å². The minimum Gasteiger partial charge on any atom is -0.497 e. The van der Waals surface area contributed by atoms with Crippen LogP contribution in [0.1, 0.15) is 15.9 Å². The molecule has 0 unspecified atom stereocenters. The zero-order chi connectivity index (χ0) is 13.1. The number of ether oxygens (including phenoxy) is 1. The number of nitrogens with two attached hydrogens (primary N) is 1. The van der Waals surface area contributed by atoms with Crippen LogP contribution >= 0.6 is 11.3 Å². The molecule has 0 radical (unpaired) electrons. The number of anilines is 2. The van der Waals surface area contributed by atoms with E-state index in [1.54, 1.807) is 25.3 Å². The van der Waals surface area contributed by atoms with Gasteiger partial charge in [-0.3, -0.25) is 4.79 Å². The highest BCUT2D eigenvalue weighted by Crippen LogP contribution is 2.25. The molecule has 0 aliphatic carbocycles. The maximum absolute atomic E-state index is 12.0. The molecule has 0 saturated heterocycles. The lowest BCUT2D eigenvalue weighted by atomic mass is 10.2. The van der Waals surface area contributed by atoms with E-state index in [0.29, 0.717) is 22.7 Å². The molecule has 4 nitrogen and oxygen atoms in total. The highest BCUT2D eigenvalue weighted by Gasteiger charge is 2.11. The predicted octanol–water partition coefficient (Wildman–Crippen LogP) is 2.90. The quantitative estimate of drug-likeness (QED) is 0.836. The molecule has 0 atom stereocenters. The first-order chi connectivity index (χ1) is 8.61. The van der Waals surface area contributed by atoms with E-state index in [2.05, 4.69) is 5.32 Å². The van der Waals surface area contributed by atoms with Crippen LogP contribution in [0.4, 0.5) is 11.4 Å². The van der Waals surface area contributed by atoms with Gasteiger partial charge in [0.05, 0.1) is 24.0 Å². The van der Waals surface area contributed by atoms with E-state index in [4.69, 9.17) is 10.5 Å². The molecule has 5 heteroatoms. The highest BCUT2D eigenvalue weighted by atomic mass is 32.1. The third-order valence-electron chi connectivity index (χ3n) is 2.61. The topological polar surface area (TPSA) is 64.3 Å². The summed E-state index contributed by atoms with van der Waals surface area (Å²) < 4.78 is 5.10. The molecule has 0 aliphatic heterocycles. The van der Waals surface area contributed by atoms with E-state index in [9.17, 15) is 4.79 Å². The number of nitrogens with one attached hydrogen (secondary N) is 1. The van der Waals surface area contributed by atoms with Crippen molar-refractivity contribution in [3.05, 3.63) is 40.1 Å². The number of methoxy groups -OCH3 is 1. The van der Waals surface area contributed by atoms with Crippen LogP contribution in [0.15, 0.2) is 29.0 Å². The first-order valence-corrected chi connectivity index (χ1v) is 6.33. The second-order valence-electron chi connectivity index (χ2n) is 3.88. The number of hydrogen-bond donors (Lipinski definition) is 2. The normalized spacial score (nSPS) is 10.1. The van der Waals surface area contributed by atoms with Crippen LogP contribution in [0.25, 0.3) is 0 Å². The molecule has 1 aromatic carbocycles. The Morgan fingerprint density at radius 1 is 1.39 bits per heavy atom. The third kappa shape index (κ3) is 2.46. The predicted molar refractivity (Wildman–Crippen MR) is 74.4 cm³/mol. The molecule has 3 N–H and O–H groups in total. The number of carbonyl (C=O) groups excluding carboxylic acids is 1. The minimum absolute atomic E-state index is 0.159. The Morgan fingerprint density at radius 3 is 2.78 bits per heavy atom. The summed E-state index contributed by atoms with van der Waals surface area (Å²) in [5, 5.41) is 6.55. The summed E-state index contributed by atoms with van der Waals surface area (Å²) in [5.74, 6) is 0.496. The minimum atomic E-state index is -0.159. The van der Waals surface area contributed by atoms with Crippen molar-refractivity contribution >= 4 is 28.6 Å². The third-order valence-corrected chi connectivity index (χ3v) is 3.47. The van der Waals surface area contributed by atoms with Crippen LogP contribution < -0.4 is 15.8 Å². The summed E-state index contributed by atoms with van der Waals surface area (Å²) in [6, 6.07) is 5.16. The summed E-state index contributed by atoms with van der Waals surface area (Å²) in [4.78, 5) is 12.0. The summed E-state index contributed by atoms with van der Waals surface area (Å²) >= 11 is 1.50. The second kappa shape index (κ2) is 5.10. The number of carbonyl (C=O) groups is 1. The molecule has 2 rings (SSSR count). The number of thiophene rings is 1. The average Bonchev–Trinajstić information content (AvgIpc) is 2.78. The maximum atomic E-state index is 12.0. The lowest BCUT2D eigenvalue weighted by molar-refractivity contribution is 0.102. The van der Waals surface area contributed by atoms with E-state index in [1.165, 1.54) is 11.3 Å². The molecular weight excluding hydrogens is 248 g/mol. The van der Waals surface area contributed by atoms with Crippen LogP contribution in [0.5, 0.6) is 5.75 Å². The number of hydrogen-bond acceptors (Lipinski definition) is 4. The van der Waals surface area contributed by atoms with E-state index < -0.39 is 0 Å². The van der Waals surface area contributed by atoms with Gasteiger partial charge in [-0.25, -0.2) is 0 Å². The smallest absolute Gasteiger partial charge is 0.256 e. The van der Waals surface area contributed by atoms with Gasteiger partial charge in [-0.05, 0) is 30.0 Å². The summed E-state index contributed by atoms with van der Waals surface area (Å²) in [7, 11) is 1.57. The molecule has 0 bridgehead atoms. The van der Waals surface area contributed by atoms with Gasteiger partial charge in [0.1, 0.15) is 5.75 Å². The van der Waals surface area contributed by atoms with Crippen molar-refractivity contribution in [2.75, 3.05) is 18.2 Å². The van der Waals surface area contributed by atoms with Gasteiger partial charge in [0, 0.05) is 11.4 Å². The Bertz CT molecular complexity index is 578. The monoisotopic (exact) mass is 262 g/mol. The van der Waals surface area contributed by atoms with E-state index in [-0.39, 0.29) is 5.91 Å². The Balaban J connectivity index is 2.24. The Morgan fingerprint density at radius 2 is 2.17 bits per heavy atom. The fourth-order valence-electron chi connectivity index (χ4n) is 1.55. The van der Waals surface area contributed by atoms with Gasteiger partial charge in [0.2, 0.25) is 0 Å². The van der Waals surface area contributed by atoms with Crippen molar-refractivity contribution in [2.45, 2.75) is 6.92 Å². The SMILES string of the molecule is COc1ccc(N)c(NC(=O)c2cscc2C)c1. The number of benzene rings is 1. The highest BCUT2D eigenvalue weighted by molar-refractivity contribution is 7.08. The zero-order valence-corrected chi connectivity index (χ0v) is 11.0. The molecule has 1 aromatic heterocycles. The van der Waals surface area contributed by atoms with E-state index in [0.717, 1.165) is 5.56 Å². The molecule has 94 valence electrons. The van der Waals surface area contributed by atoms with Gasteiger partial charge in [-0.1, -0.05) is 0 Å². The first kappa shape index (κ1) is 12.4. The van der Waals surface area contributed by atoms with Gasteiger partial charge >= 0.3 is 0 Å². The van der Waals surface area contributed by atoms with Crippen molar-refractivity contribution in [2.24, 2.45) is 0 Å². The van der Waals surface area contributed by atoms with Crippen LogP contribution in [0, 0.1) is 6.92 Å². The number of nitrogen functional groups attached to an aromatic ring is 1. The standard InChI is InChI=1S/C13H14N2O2S/c1-8-6-18-7-10(8)13(16)15-12-5-9(17-2)3-4-11(12)14/h3-7H,14H2,1-2H3,(H,15,16). The van der Waals surface area contributed by atoms with E-state index >= 15 is 0 Å². The maximum Gasteiger partial charge on any atom is 0.256 e. The van der Waals surface area contributed by atoms with Crippen molar-refractivity contribution in [3.8, 4) is 5.75 Å². The average molecular weight is 262 g/mol. The van der Waals surface area contributed by atoms with Gasteiger partial charge in [-0.2, -0.15) is 11.3 Å². The summed E-state index contributed by atoms with van der Waals surface area (Å²) in [6.07, 6.45) is 0. The number of amides is 1. The molecular formula is C13H14N2O2S.